The van der Waals surface area contributed by atoms with Gasteiger partial charge in [0.25, 0.3) is 5.91 Å². The van der Waals surface area contributed by atoms with E-state index in [1.807, 2.05) is 4.90 Å². The molecule has 0 radical (unpaired) electrons. The number of carbonyl (C=O) groups excluding carboxylic acids is 1. The number of nitrogens with one attached hydrogen (secondary N) is 1. The predicted molar refractivity (Wildman–Crippen MR) is 103 cm³/mol. The Bertz CT molecular complexity index is 916. The fourth-order valence-electron chi connectivity index (χ4n) is 4.72. The van der Waals surface area contributed by atoms with Crippen molar-refractivity contribution in [3.63, 3.8) is 0 Å². The first kappa shape index (κ1) is 19.3. The normalized spacial score (nSPS) is 23.3. The summed E-state index contributed by atoms with van der Waals surface area (Å²) in [6, 6.07) is 4.63. The van der Waals surface area contributed by atoms with Crippen LogP contribution in [-0.4, -0.2) is 45.8 Å². The maximum absolute atomic E-state index is 13.7. The Kier molecular flexibility index (Phi) is 5.14. The molecular weight excluding hydrogens is 386 g/mol. The summed E-state index contributed by atoms with van der Waals surface area (Å²) in [4.78, 5) is 15.2. The Morgan fingerprint density at radius 3 is 2.75 bits per heavy atom. The molecule has 1 amide bonds. The summed E-state index contributed by atoms with van der Waals surface area (Å²) in [5.74, 6) is -1.83. The minimum Gasteiger partial charge on any atom is -0.336 e. The lowest BCUT2D eigenvalue weighted by Gasteiger charge is -2.23. The molecule has 2 fully saturated rings. The Balaban J connectivity index is 0.00000192. The molecule has 5 rings (SSSR count). The van der Waals surface area contributed by atoms with Crippen molar-refractivity contribution in [2.24, 2.45) is 0 Å². The summed E-state index contributed by atoms with van der Waals surface area (Å²) in [6.07, 6.45) is 5.81. The number of halogens is 3. The van der Waals surface area contributed by atoms with E-state index in [1.165, 1.54) is 12.5 Å². The SMILES string of the molecule is Cl.O=C(c1nn(-c2ccc(F)c(F)c2)c2c1CCC2)N1CCC2CCC(C1)N2. The molecule has 2 saturated heterocycles. The zero-order chi connectivity index (χ0) is 18.5. The summed E-state index contributed by atoms with van der Waals surface area (Å²) >= 11 is 0. The van der Waals surface area contributed by atoms with Gasteiger partial charge in [-0.15, -0.1) is 12.4 Å². The second-order valence-corrected chi connectivity index (χ2v) is 7.82. The monoisotopic (exact) mass is 408 g/mol. The highest BCUT2D eigenvalue weighted by molar-refractivity contribution is 5.94. The molecule has 0 saturated carbocycles. The number of carbonyl (C=O) groups is 1. The first-order valence-electron chi connectivity index (χ1n) is 9.71. The third-order valence-corrected chi connectivity index (χ3v) is 6.09. The molecule has 5 nitrogen and oxygen atoms in total. The number of fused-ring (bicyclic) bond motifs is 3. The number of benzene rings is 1. The van der Waals surface area contributed by atoms with Crippen LogP contribution in [0.2, 0.25) is 0 Å². The van der Waals surface area contributed by atoms with Crippen LogP contribution >= 0.6 is 12.4 Å². The third kappa shape index (κ3) is 3.20. The molecule has 2 aliphatic heterocycles. The summed E-state index contributed by atoms with van der Waals surface area (Å²) in [5.41, 5.74) is 2.85. The van der Waals surface area contributed by atoms with Crippen molar-refractivity contribution in [1.29, 1.82) is 0 Å². The lowest BCUT2D eigenvalue weighted by atomic mass is 10.1. The van der Waals surface area contributed by atoms with E-state index in [2.05, 4.69) is 10.4 Å². The van der Waals surface area contributed by atoms with Gasteiger partial charge in [0.05, 0.1) is 5.69 Å². The predicted octanol–water partition coefficient (Wildman–Crippen LogP) is 3.03. The van der Waals surface area contributed by atoms with E-state index in [9.17, 15) is 13.6 Å². The van der Waals surface area contributed by atoms with Crippen LogP contribution < -0.4 is 5.32 Å². The maximum Gasteiger partial charge on any atom is 0.274 e. The summed E-state index contributed by atoms with van der Waals surface area (Å²) in [5, 5.41) is 8.14. The van der Waals surface area contributed by atoms with Gasteiger partial charge in [-0.05, 0) is 50.7 Å². The molecule has 150 valence electrons. The Labute approximate surface area is 168 Å². The molecular formula is C20H23ClF2N4O. The molecule has 1 aromatic carbocycles. The molecule has 2 atom stereocenters. The van der Waals surface area contributed by atoms with E-state index in [0.717, 1.165) is 62.0 Å². The van der Waals surface area contributed by atoms with Crippen molar-refractivity contribution in [1.82, 2.24) is 20.0 Å². The quantitative estimate of drug-likeness (QED) is 0.831. The molecule has 1 N–H and O–H groups in total. The fraction of sp³-hybridized carbons (Fsp3) is 0.500. The van der Waals surface area contributed by atoms with E-state index >= 15 is 0 Å². The molecule has 2 aromatic rings. The largest absolute Gasteiger partial charge is 0.336 e. The van der Waals surface area contributed by atoms with Crippen LogP contribution in [0.4, 0.5) is 8.78 Å². The van der Waals surface area contributed by atoms with Gasteiger partial charge in [0, 0.05) is 42.5 Å². The first-order valence-corrected chi connectivity index (χ1v) is 9.71. The number of amides is 1. The van der Waals surface area contributed by atoms with E-state index in [-0.39, 0.29) is 18.3 Å². The van der Waals surface area contributed by atoms with Crippen molar-refractivity contribution in [3.05, 3.63) is 46.8 Å². The van der Waals surface area contributed by atoms with Gasteiger partial charge in [-0.1, -0.05) is 0 Å². The number of rotatable bonds is 2. The molecule has 3 aliphatic rings. The van der Waals surface area contributed by atoms with Crippen LogP contribution in [-0.2, 0) is 12.8 Å². The Hall–Kier alpha value is -1.99. The Morgan fingerprint density at radius 2 is 1.93 bits per heavy atom. The maximum atomic E-state index is 13.7. The molecule has 8 heteroatoms. The average Bonchev–Trinajstić information content (AvgIpc) is 3.32. The summed E-state index contributed by atoms with van der Waals surface area (Å²) in [6.45, 7) is 1.45. The number of hydrogen-bond acceptors (Lipinski definition) is 3. The molecule has 0 spiro atoms. The van der Waals surface area contributed by atoms with Gasteiger partial charge in [0.15, 0.2) is 17.3 Å². The van der Waals surface area contributed by atoms with Crippen molar-refractivity contribution >= 4 is 18.3 Å². The van der Waals surface area contributed by atoms with Crippen molar-refractivity contribution in [2.75, 3.05) is 13.1 Å². The van der Waals surface area contributed by atoms with Crippen LogP contribution in [0.1, 0.15) is 47.4 Å². The van der Waals surface area contributed by atoms with Gasteiger partial charge >= 0.3 is 0 Å². The number of nitrogens with zero attached hydrogens (tertiary/aromatic N) is 3. The number of aromatic nitrogens is 2. The van der Waals surface area contributed by atoms with Crippen molar-refractivity contribution in [3.8, 4) is 5.69 Å². The van der Waals surface area contributed by atoms with Gasteiger partial charge in [0.2, 0.25) is 0 Å². The highest BCUT2D eigenvalue weighted by Crippen LogP contribution is 2.30. The van der Waals surface area contributed by atoms with Crippen LogP contribution in [0.5, 0.6) is 0 Å². The van der Waals surface area contributed by atoms with Crippen LogP contribution in [0, 0.1) is 11.6 Å². The molecule has 2 unspecified atom stereocenters. The molecule has 1 aliphatic carbocycles. The molecule has 3 heterocycles. The minimum absolute atomic E-state index is 0. The van der Waals surface area contributed by atoms with Gasteiger partial charge in [0.1, 0.15) is 0 Å². The third-order valence-electron chi connectivity index (χ3n) is 6.09. The Morgan fingerprint density at radius 1 is 1.11 bits per heavy atom. The van der Waals surface area contributed by atoms with Crippen molar-refractivity contribution in [2.45, 2.75) is 50.6 Å². The van der Waals surface area contributed by atoms with Crippen LogP contribution in [0.25, 0.3) is 5.69 Å². The molecule has 1 aromatic heterocycles. The van der Waals surface area contributed by atoms with Gasteiger partial charge in [-0.2, -0.15) is 5.10 Å². The standard InChI is InChI=1S/C20H22F2N4O.ClH/c21-16-7-6-14(10-17(16)22)26-18-3-1-2-15(18)19(24-26)20(27)25-9-8-12-4-5-13(11-25)23-12;/h6-7,10,12-13,23H,1-5,8-9,11H2;1H. The highest BCUT2D eigenvalue weighted by Gasteiger charge is 2.34. The second kappa shape index (κ2) is 7.44. The topological polar surface area (TPSA) is 50.2 Å². The summed E-state index contributed by atoms with van der Waals surface area (Å²) < 4.78 is 28.6. The minimum atomic E-state index is -0.905. The van der Waals surface area contributed by atoms with Crippen LogP contribution in [0.15, 0.2) is 18.2 Å². The van der Waals surface area contributed by atoms with E-state index < -0.39 is 11.6 Å². The second-order valence-electron chi connectivity index (χ2n) is 7.82. The van der Waals surface area contributed by atoms with Gasteiger partial charge in [-0.25, -0.2) is 13.5 Å². The van der Waals surface area contributed by atoms with Gasteiger partial charge < -0.3 is 10.2 Å². The average molecular weight is 409 g/mol. The van der Waals surface area contributed by atoms with E-state index in [1.54, 1.807) is 4.68 Å². The number of likely N-dealkylation sites (tertiary alicyclic amines) is 1. The van der Waals surface area contributed by atoms with Crippen molar-refractivity contribution < 1.29 is 13.6 Å². The lowest BCUT2D eigenvalue weighted by Crippen LogP contribution is -2.39. The zero-order valence-electron chi connectivity index (χ0n) is 15.5. The smallest absolute Gasteiger partial charge is 0.274 e. The number of hydrogen-bond donors (Lipinski definition) is 1. The highest BCUT2D eigenvalue weighted by atomic mass is 35.5. The lowest BCUT2D eigenvalue weighted by molar-refractivity contribution is 0.0740. The fourth-order valence-corrected chi connectivity index (χ4v) is 4.72. The zero-order valence-corrected chi connectivity index (χ0v) is 16.3. The molecule has 2 bridgehead atoms. The van der Waals surface area contributed by atoms with Crippen LogP contribution in [0.3, 0.4) is 0 Å². The van der Waals surface area contributed by atoms with Gasteiger partial charge in [-0.3, -0.25) is 4.79 Å². The van der Waals surface area contributed by atoms with E-state index in [0.29, 0.717) is 30.0 Å². The molecule has 28 heavy (non-hydrogen) atoms. The van der Waals surface area contributed by atoms with E-state index in [4.69, 9.17) is 0 Å². The first-order chi connectivity index (χ1) is 13.1. The summed E-state index contributed by atoms with van der Waals surface area (Å²) in [7, 11) is 0.